The van der Waals surface area contributed by atoms with Gasteiger partial charge in [0.15, 0.2) is 11.1 Å². The van der Waals surface area contributed by atoms with Crippen molar-refractivity contribution in [3.05, 3.63) is 69.9 Å². The third-order valence-electron chi connectivity index (χ3n) is 3.85. The Labute approximate surface area is 152 Å². The fourth-order valence-electron chi connectivity index (χ4n) is 2.48. The molecule has 1 heterocycles. The molecule has 0 amide bonds. The standard InChI is InChI=1S/C19H15NO5S/c21-12-7-5-11(6-8-12)9-15(18(23)24)20-10-14-17(22)13-3-1-2-4-16(13)26-19(14)25/h1-8,10,15,21,25H,9H2,(H,23,24)/t15-/m0/s1. The van der Waals surface area contributed by atoms with E-state index in [1.807, 2.05) is 0 Å². The monoisotopic (exact) mass is 369 g/mol. The SMILES string of the molecule is O=C(O)[C@H](Cc1ccc(O)cc1)N=Cc1c(O)sc2ccccc2c1=O. The summed E-state index contributed by atoms with van der Waals surface area (Å²) in [5, 5.41) is 29.0. The number of fused-ring (bicyclic) bond motifs is 1. The molecule has 6 nitrogen and oxygen atoms in total. The van der Waals surface area contributed by atoms with Crippen LogP contribution in [0.4, 0.5) is 0 Å². The third-order valence-corrected chi connectivity index (χ3v) is 4.84. The van der Waals surface area contributed by atoms with Crippen molar-refractivity contribution in [2.24, 2.45) is 4.99 Å². The van der Waals surface area contributed by atoms with Crippen LogP contribution in [0.1, 0.15) is 11.1 Å². The van der Waals surface area contributed by atoms with E-state index in [4.69, 9.17) is 0 Å². The van der Waals surface area contributed by atoms with Crippen LogP contribution in [0, 0.1) is 0 Å². The number of aliphatic imine (C=N–C) groups is 1. The lowest BCUT2D eigenvalue weighted by Gasteiger charge is -2.08. The molecule has 0 saturated heterocycles. The first kappa shape index (κ1) is 17.6. The highest BCUT2D eigenvalue weighted by Gasteiger charge is 2.17. The largest absolute Gasteiger partial charge is 0.508 e. The van der Waals surface area contributed by atoms with Crippen molar-refractivity contribution < 1.29 is 20.1 Å². The predicted octanol–water partition coefficient (Wildman–Crippen LogP) is 2.79. The fraction of sp³-hybridized carbons (Fsp3) is 0.105. The maximum absolute atomic E-state index is 12.5. The molecule has 0 aliphatic heterocycles. The zero-order valence-electron chi connectivity index (χ0n) is 13.5. The molecular formula is C19H15NO5S. The highest BCUT2D eigenvalue weighted by molar-refractivity contribution is 7.20. The second kappa shape index (κ2) is 7.37. The molecule has 3 N–H and O–H groups in total. The Bertz CT molecular complexity index is 1040. The highest BCUT2D eigenvalue weighted by atomic mass is 32.1. The van der Waals surface area contributed by atoms with Crippen molar-refractivity contribution in [2.75, 3.05) is 0 Å². The Kier molecular flexibility index (Phi) is 4.99. The van der Waals surface area contributed by atoms with Gasteiger partial charge in [-0.1, -0.05) is 35.6 Å². The topological polar surface area (TPSA) is 107 Å². The lowest BCUT2D eigenvalue weighted by molar-refractivity contribution is -0.138. The van der Waals surface area contributed by atoms with Gasteiger partial charge in [-0.3, -0.25) is 9.79 Å². The van der Waals surface area contributed by atoms with E-state index in [9.17, 15) is 24.9 Å². The zero-order valence-corrected chi connectivity index (χ0v) is 14.3. The molecule has 2 aromatic carbocycles. The van der Waals surface area contributed by atoms with E-state index in [0.717, 1.165) is 17.6 Å². The molecule has 3 aromatic rings. The summed E-state index contributed by atoms with van der Waals surface area (Å²) in [4.78, 5) is 28.0. The van der Waals surface area contributed by atoms with Gasteiger partial charge in [-0.05, 0) is 29.8 Å². The highest BCUT2D eigenvalue weighted by Crippen LogP contribution is 2.26. The molecule has 0 spiro atoms. The first-order valence-electron chi connectivity index (χ1n) is 7.74. The minimum Gasteiger partial charge on any atom is -0.508 e. The van der Waals surface area contributed by atoms with Crippen LogP contribution < -0.4 is 5.43 Å². The third kappa shape index (κ3) is 3.73. The van der Waals surface area contributed by atoms with E-state index in [1.165, 1.54) is 12.1 Å². The molecule has 26 heavy (non-hydrogen) atoms. The number of carboxylic acids is 1. The minimum absolute atomic E-state index is 0.0225. The molecular weight excluding hydrogens is 354 g/mol. The van der Waals surface area contributed by atoms with E-state index in [1.54, 1.807) is 36.4 Å². The number of aliphatic carboxylic acids is 1. The summed E-state index contributed by atoms with van der Waals surface area (Å²) in [5.74, 6) is -1.06. The Morgan fingerprint density at radius 2 is 1.81 bits per heavy atom. The summed E-state index contributed by atoms with van der Waals surface area (Å²) in [7, 11) is 0. The summed E-state index contributed by atoms with van der Waals surface area (Å²) in [6, 6.07) is 11.9. The molecule has 3 rings (SSSR count). The lowest BCUT2D eigenvalue weighted by atomic mass is 10.1. The van der Waals surface area contributed by atoms with E-state index in [2.05, 4.69) is 4.99 Å². The van der Waals surface area contributed by atoms with Crippen molar-refractivity contribution in [3.8, 4) is 10.8 Å². The number of aromatic hydroxyl groups is 2. The van der Waals surface area contributed by atoms with Crippen molar-refractivity contribution >= 4 is 33.6 Å². The van der Waals surface area contributed by atoms with Gasteiger partial charge in [0.25, 0.3) is 0 Å². The number of phenolic OH excluding ortho intramolecular Hbond substituents is 1. The number of hydrogen-bond donors (Lipinski definition) is 3. The molecule has 0 bridgehead atoms. The Hall–Kier alpha value is -3.19. The maximum Gasteiger partial charge on any atom is 0.328 e. The van der Waals surface area contributed by atoms with Crippen molar-refractivity contribution in [2.45, 2.75) is 12.5 Å². The fourth-order valence-corrected chi connectivity index (χ4v) is 3.36. The van der Waals surface area contributed by atoms with Crippen LogP contribution in [0.25, 0.3) is 10.1 Å². The molecule has 0 radical (unpaired) electrons. The Morgan fingerprint density at radius 1 is 1.12 bits per heavy atom. The normalized spacial score (nSPS) is 12.5. The van der Waals surface area contributed by atoms with Crippen LogP contribution in [0.3, 0.4) is 0 Å². The van der Waals surface area contributed by atoms with Gasteiger partial charge in [-0.2, -0.15) is 0 Å². The maximum atomic E-state index is 12.5. The van der Waals surface area contributed by atoms with E-state index in [-0.39, 0.29) is 22.8 Å². The number of phenols is 1. The average molecular weight is 369 g/mol. The van der Waals surface area contributed by atoms with Crippen molar-refractivity contribution in [1.29, 1.82) is 0 Å². The summed E-state index contributed by atoms with van der Waals surface area (Å²) in [6.07, 6.45) is 1.22. The van der Waals surface area contributed by atoms with Gasteiger partial charge in [0, 0.05) is 22.7 Å². The van der Waals surface area contributed by atoms with Gasteiger partial charge in [-0.25, -0.2) is 4.79 Å². The van der Waals surface area contributed by atoms with Gasteiger partial charge in [-0.15, -0.1) is 0 Å². The number of rotatable bonds is 5. The van der Waals surface area contributed by atoms with Crippen molar-refractivity contribution in [1.82, 2.24) is 0 Å². The van der Waals surface area contributed by atoms with Crippen LogP contribution in [0.2, 0.25) is 0 Å². The number of carboxylic acid groups (broad SMARTS) is 1. The summed E-state index contributed by atoms with van der Waals surface area (Å²) >= 11 is 1.04. The molecule has 7 heteroatoms. The number of carbonyl (C=O) groups is 1. The van der Waals surface area contributed by atoms with Crippen molar-refractivity contribution in [3.63, 3.8) is 0 Å². The number of hydrogen-bond acceptors (Lipinski definition) is 6. The summed E-state index contributed by atoms with van der Waals surface area (Å²) < 4.78 is 0.644. The molecule has 0 saturated carbocycles. The Morgan fingerprint density at radius 3 is 2.50 bits per heavy atom. The molecule has 0 unspecified atom stereocenters. The van der Waals surface area contributed by atoms with E-state index < -0.39 is 17.4 Å². The van der Waals surface area contributed by atoms with Crippen LogP contribution in [0.15, 0.2) is 58.3 Å². The van der Waals surface area contributed by atoms with Gasteiger partial charge >= 0.3 is 5.97 Å². The minimum atomic E-state index is -1.15. The second-order valence-corrected chi connectivity index (χ2v) is 6.68. The van der Waals surface area contributed by atoms with Gasteiger partial charge in [0.2, 0.25) is 5.43 Å². The molecule has 0 aliphatic carbocycles. The smallest absolute Gasteiger partial charge is 0.328 e. The van der Waals surface area contributed by atoms with Gasteiger partial charge in [0.05, 0.1) is 5.56 Å². The van der Waals surface area contributed by atoms with Gasteiger partial charge < -0.3 is 15.3 Å². The predicted molar refractivity (Wildman–Crippen MR) is 101 cm³/mol. The van der Waals surface area contributed by atoms with E-state index >= 15 is 0 Å². The number of nitrogens with zero attached hydrogens (tertiary/aromatic N) is 1. The Balaban J connectivity index is 1.93. The molecule has 0 aliphatic rings. The average Bonchev–Trinajstić information content (AvgIpc) is 2.62. The molecule has 132 valence electrons. The van der Waals surface area contributed by atoms with Crippen LogP contribution >= 0.6 is 11.3 Å². The van der Waals surface area contributed by atoms with Crippen LogP contribution in [0.5, 0.6) is 10.8 Å². The quantitative estimate of drug-likeness (QED) is 0.600. The van der Waals surface area contributed by atoms with E-state index in [0.29, 0.717) is 15.6 Å². The zero-order chi connectivity index (χ0) is 18.7. The second-order valence-electron chi connectivity index (χ2n) is 5.65. The molecule has 1 aromatic heterocycles. The summed E-state index contributed by atoms with van der Waals surface area (Å²) in [5.41, 5.74) is 0.264. The first-order valence-corrected chi connectivity index (χ1v) is 8.56. The first-order chi connectivity index (χ1) is 12.5. The molecule has 1 atom stereocenters. The van der Waals surface area contributed by atoms with Crippen LogP contribution in [-0.4, -0.2) is 33.5 Å². The number of benzene rings is 2. The summed E-state index contributed by atoms with van der Waals surface area (Å²) in [6.45, 7) is 0. The molecule has 0 fully saturated rings. The lowest BCUT2D eigenvalue weighted by Crippen LogP contribution is -2.21. The van der Waals surface area contributed by atoms with Crippen LogP contribution in [-0.2, 0) is 11.2 Å². The van der Waals surface area contributed by atoms with Gasteiger partial charge in [0.1, 0.15) is 5.75 Å².